The topological polar surface area (TPSA) is 90.0 Å². The van der Waals surface area contributed by atoms with Gasteiger partial charge in [-0.25, -0.2) is 8.42 Å². The van der Waals surface area contributed by atoms with E-state index in [0.29, 0.717) is 6.61 Å². The highest BCUT2D eigenvalue weighted by atomic mass is 32.2. The van der Waals surface area contributed by atoms with Gasteiger partial charge in [-0.15, -0.1) is 0 Å². The number of ether oxygens (including phenoxy) is 1. The van der Waals surface area contributed by atoms with Crippen molar-refractivity contribution in [2.75, 3.05) is 19.4 Å². The summed E-state index contributed by atoms with van der Waals surface area (Å²) in [5.74, 6) is 0. The zero-order chi connectivity index (χ0) is 22.8. The molecule has 0 amide bonds. The average Bonchev–Trinajstić information content (AvgIpc) is 3.15. The van der Waals surface area contributed by atoms with Crippen LogP contribution in [0.5, 0.6) is 0 Å². The molecule has 2 atom stereocenters. The summed E-state index contributed by atoms with van der Waals surface area (Å²) in [4.78, 5) is 0.157. The summed E-state index contributed by atoms with van der Waals surface area (Å²) >= 11 is 0. The number of hydrogen-bond donors (Lipinski definition) is 0. The van der Waals surface area contributed by atoms with Gasteiger partial charge in [0.1, 0.15) is 0 Å². The molecule has 3 aromatic rings. The second-order valence-electron chi connectivity index (χ2n) is 7.90. The third-order valence-corrected chi connectivity index (χ3v) is 7.92. The van der Waals surface area contributed by atoms with Crippen LogP contribution in [0.25, 0.3) is 10.8 Å². The first-order chi connectivity index (χ1) is 15.2. The molecule has 0 radical (unpaired) electrons. The SMILES string of the molecule is CS(=O)(=O)O[C@H]1C[C@@H](COCc2ccccc2)N(S(=O)(=O)c2ccc3ccccc3c2)C1. The van der Waals surface area contributed by atoms with Crippen LogP contribution in [0.15, 0.2) is 77.7 Å². The van der Waals surface area contributed by atoms with Gasteiger partial charge in [0.05, 0.1) is 36.5 Å². The van der Waals surface area contributed by atoms with Crippen LogP contribution in [0, 0.1) is 0 Å². The summed E-state index contributed by atoms with van der Waals surface area (Å²) in [6, 6.07) is 21.5. The van der Waals surface area contributed by atoms with Crippen LogP contribution in [0.3, 0.4) is 0 Å². The Morgan fingerprint density at radius 2 is 1.59 bits per heavy atom. The fourth-order valence-corrected chi connectivity index (χ4v) is 6.28. The maximum Gasteiger partial charge on any atom is 0.264 e. The van der Waals surface area contributed by atoms with Gasteiger partial charge in [-0.3, -0.25) is 4.18 Å². The van der Waals surface area contributed by atoms with Gasteiger partial charge in [0, 0.05) is 6.54 Å². The predicted octanol–water partition coefficient (Wildman–Crippen LogP) is 3.16. The normalized spacial score (nSPS) is 20.0. The summed E-state index contributed by atoms with van der Waals surface area (Å²) in [5.41, 5.74) is 0.971. The minimum atomic E-state index is -3.88. The monoisotopic (exact) mass is 475 g/mol. The van der Waals surface area contributed by atoms with Crippen LogP contribution in [0.1, 0.15) is 12.0 Å². The van der Waals surface area contributed by atoms with E-state index in [-0.39, 0.29) is 24.5 Å². The minimum absolute atomic E-state index is 0.0540. The summed E-state index contributed by atoms with van der Waals surface area (Å²) in [6.07, 6.45) is 0.439. The summed E-state index contributed by atoms with van der Waals surface area (Å²) in [7, 11) is -7.60. The molecule has 1 aliphatic rings. The molecule has 4 rings (SSSR count). The largest absolute Gasteiger partial charge is 0.375 e. The van der Waals surface area contributed by atoms with E-state index in [9.17, 15) is 16.8 Å². The Kier molecular flexibility index (Phi) is 6.64. The Hall–Kier alpha value is -2.30. The first-order valence-corrected chi connectivity index (χ1v) is 13.5. The molecule has 0 aromatic heterocycles. The van der Waals surface area contributed by atoms with E-state index in [0.717, 1.165) is 22.6 Å². The van der Waals surface area contributed by atoms with Crippen molar-refractivity contribution >= 4 is 30.9 Å². The lowest BCUT2D eigenvalue weighted by atomic mass is 10.1. The van der Waals surface area contributed by atoms with Gasteiger partial charge >= 0.3 is 0 Å². The Balaban J connectivity index is 1.57. The van der Waals surface area contributed by atoms with Crippen LogP contribution < -0.4 is 0 Å². The van der Waals surface area contributed by atoms with Crippen molar-refractivity contribution < 1.29 is 25.8 Å². The van der Waals surface area contributed by atoms with Gasteiger partial charge in [-0.2, -0.15) is 12.7 Å². The number of sulfonamides is 1. The predicted molar refractivity (Wildman–Crippen MR) is 122 cm³/mol. The molecule has 170 valence electrons. The van der Waals surface area contributed by atoms with Gasteiger partial charge in [-0.1, -0.05) is 60.7 Å². The molecule has 9 heteroatoms. The molecule has 0 spiro atoms. The Morgan fingerprint density at radius 1 is 0.906 bits per heavy atom. The minimum Gasteiger partial charge on any atom is -0.375 e. The smallest absolute Gasteiger partial charge is 0.264 e. The van der Waals surface area contributed by atoms with Crippen LogP contribution in [0.4, 0.5) is 0 Å². The zero-order valence-corrected chi connectivity index (χ0v) is 19.3. The van der Waals surface area contributed by atoms with Gasteiger partial charge < -0.3 is 4.74 Å². The van der Waals surface area contributed by atoms with E-state index >= 15 is 0 Å². The summed E-state index contributed by atoms with van der Waals surface area (Å²) < 4.78 is 62.5. The van der Waals surface area contributed by atoms with E-state index in [1.54, 1.807) is 18.2 Å². The Bertz CT molecular complexity index is 1290. The molecule has 0 unspecified atom stereocenters. The quantitative estimate of drug-likeness (QED) is 0.465. The third-order valence-electron chi connectivity index (χ3n) is 5.39. The van der Waals surface area contributed by atoms with Crippen molar-refractivity contribution in [3.63, 3.8) is 0 Å². The molecule has 7 nitrogen and oxygen atoms in total. The Labute approximate surface area is 188 Å². The second kappa shape index (κ2) is 9.29. The number of nitrogens with zero attached hydrogens (tertiary/aromatic N) is 1. The highest BCUT2D eigenvalue weighted by molar-refractivity contribution is 7.89. The fourth-order valence-electron chi connectivity index (χ4n) is 3.96. The number of hydrogen-bond acceptors (Lipinski definition) is 6. The molecule has 1 heterocycles. The lowest BCUT2D eigenvalue weighted by Gasteiger charge is -2.24. The van der Waals surface area contributed by atoms with Crippen molar-refractivity contribution in [3.05, 3.63) is 78.4 Å². The van der Waals surface area contributed by atoms with Crippen molar-refractivity contribution in [2.45, 2.75) is 30.1 Å². The molecular weight excluding hydrogens is 450 g/mol. The van der Waals surface area contributed by atoms with Crippen molar-refractivity contribution in [1.29, 1.82) is 0 Å². The molecule has 3 aromatic carbocycles. The van der Waals surface area contributed by atoms with E-state index in [2.05, 4.69) is 0 Å². The standard InChI is InChI=1S/C23H25NO6S2/c1-31(25,26)30-22-14-21(17-29-16-18-7-3-2-4-8-18)24(15-22)32(27,28)23-12-11-19-9-5-6-10-20(19)13-23/h2-13,21-22H,14-17H2,1H3/t21-,22-/m0/s1. The lowest BCUT2D eigenvalue weighted by molar-refractivity contribution is 0.0863. The molecule has 0 aliphatic carbocycles. The first-order valence-electron chi connectivity index (χ1n) is 10.2. The molecular formula is C23H25NO6S2. The number of benzene rings is 3. The summed E-state index contributed by atoms with van der Waals surface area (Å²) in [5, 5.41) is 1.75. The van der Waals surface area contributed by atoms with E-state index in [1.165, 1.54) is 4.31 Å². The average molecular weight is 476 g/mol. The molecule has 1 saturated heterocycles. The van der Waals surface area contributed by atoms with Gasteiger partial charge in [0.15, 0.2) is 0 Å². The van der Waals surface area contributed by atoms with Crippen LogP contribution in [0.2, 0.25) is 0 Å². The molecule has 0 N–H and O–H groups in total. The van der Waals surface area contributed by atoms with Gasteiger partial charge in [0.25, 0.3) is 10.1 Å². The highest BCUT2D eigenvalue weighted by Gasteiger charge is 2.42. The second-order valence-corrected chi connectivity index (χ2v) is 11.4. The Morgan fingerprint density at radius 3 is 2.31 bits per heavy atom. The third kappa shape index (κ3) is 5.36. The summed E-state index contributed by atoms with van der Waals surface area (Å²) in [6.45, 7) is 0.408. The molecule has 32 heavy (non-hydrogen) atoms. The first kappa shape index (κ1) is 22.9. The van der Waals surface area contributed by atoms with Crippen molar-refractivity contribution in [2.24, 2.45) is 0 Å². The van der Waals surface area contributed by atoms with Crippen LogP contribution >= 0.6 is 0 Å². The zero-order valence-electron chi connectivity index (χ0n) is 17.6. The van der Waals surface area contributed by atoms with Crippen molar-refractivity contribution in [1.82, 2.24) is 4.31 Å². The van der Waals surface area contributed by atoms with Crippen LogP contribution in [-0.2, 0) is 35.7 Å². The van der Waals surface area contributed by atoms with E-state index < -0.39 is 32.3 Å². The fraction of sp³-hybridized carbons (Fsp3) is 0.304. The van der Waals surface area contributed by atoms with E-state index in [1.807, 2.05) is 54.6 Å². The van der Waals surface area contributed by atoms with Crippen LogP contribution in [-0.4, -0.2) is 52.7 Å². The highest BCUT2D eigenvalue weighted by Crippen LogP contribution is 2.30. The maximum absolute atomic E-state index is 13.5. The van der Waals surface area contributed by atoms with Gasteiger partial charge in [0.2, 0.25) is 10.0 Å². The van der Waals surface area contributed by atoms with Gasteiger partial charge in [-0.05, 0) is 34.9 Å². The molecule has 0 bridgehead atoms. The number of rotatable bonds is 8. The lowest BCUT2D eigenvalue weighted by Crippen LogP contribution is -2.38. The van der Waals surface area contributed by atoms with E-state index in [4.69, 9.17) is 8.92 Å². The molecule has 0 saturated carbocycles. The maximum atomic E-state index is 13.5. The molecule has 1 fully saturated rings. The number of fused-ring (bicyclic) bond motifs is 1. The van der Waals surface area contributed by atoms with Crippen molar-refractivity contribution in [3.8, 4) is 0 Å². The molecule has 1 aliphatic heterocycles.